The van der Waals surface area contributed by atoms with Crippen LogP contribution in [0.5, 0.6) is 0 Å². The first-order valence-electron chi connectivity index (χ1n) is 7.14. The van der Waals surface area contributed by atoms with Gasteiger partial charge in [-0.1, -0.05) is 24.3 Å². The second kappa shape index (κ2) is 5.56. The molecule has 1 aliphatic carbocycles. The van der Waals surface area contributed by atoms with E-state index in [0.717, 1.165) is 18.8 Å². The fraction of sp³-hybridized carbons (Fsp3) is 0.294. The van der Waals surface area contributed by atoms with Crippen LogP contribution in [0, 0.1) is 0 Å². The van der Waals surface area contributed by atoms with Crippen molar-refractivity contribution in [2.75, 3.05) is 26.0 Å². The summed E-state index contributed by atoms with van der Waals surface area (Å²) < 4.78 is 0. The number of hydrogen-bond acceptors (Lipinski definition) is 3. The Labute approximate surface area is 124 Å². The maximum absolute atomic E-state index is 11.8. The number of amides is 1. The second-order valence-corrected chi connectivity index (χ2v) is 5.61. The van der Waals surface area contributed by atoms with Gasteiger partial charge in [0.15, 0.2) is 0 Å². The Morgan fingerprint density at radius 1 is 1.29 bits per heavy atom. The molecule has 0 saturated carbocycles. The second-order valence-electron chi connectivity index (χ2n) is 5.61. The van der Waals surface area contributed by atoms with Crippen LogP contribution in [0.15, 0.2) is 42.6 Å². The number of carbonyl (C=O) groups is 1. The molecule has 1 aromatic carbocycles. The summed E-state index contributed by atoms with van der Waals surface area (Å²) in [5, 5.41) is 3.35. The summed E-state index contributed by atoms with van der Waals surface area (Å²) in [6.45, 7) is 0.880. The van der Waals surface area contributed by atoms with Gasteiger partial charge in [-0.25, -0.2) is 4.98 Å². The number of nitrogens with one attached hydrogen (secondary N) is 1. The molecule has 2 aromatic rings. The first kappa shape index (κ1) is 13.6. The van der Waals surface area contributed by atoms with Crippen LogP contribution in [0.3, 0.4) is 0 Å². The van der Waals surface area contributed by atoms with Crippen molar-refractivity contribution in [3.05, 3.63) is 59.3 Å². The van der Waals surface area contributed by atoms with Crippen molar-refractivity contribution in [3.8, 4) is 0 Å². The van der Waals surface area contributed by atoms with Gasteiger partial charge in [0.05, 0.1) is 5.56 Å². The monoisotopic (exact) mass is 281 g/mol. The Balaban J connectivity index is 1.59. The molecular formula is C17H19N3O. The van der Waals surface area contributed by atoms with Gasteiger partial charge in [-0.2, -0.15) is 0 Å². The SMILES string of the molecule is CN(C)C(=O)c1ccc(NCC2Cc3ccccc32)nc1. The van der Waals surface area contributed by atoms with Gasteiger partial charge in [0.25, 0.3) is 5.91 Å². The van der Waals surface area contributed by atoms with E-state index >= 15 is 0 Å². The fourth-order valence-corrected chi connectivity index (χ4v) is 2.66. The molecule has 1 atom stereocenters. The van der Waals surface area contributed by atoms with E-state index in [2.05, 4.69) is 34.6 Å². The maximum atomic E-state index is 11.8. The molecule has 0 radical (unpaired) electrons. The summed E-state index contributed by atoms with van der Waals surface area (Å²) in [4.78, 5) is 17.6. The lowest BCUT2D eigenvalue weighted by molar-refractivity contribution is 0.0827. The van der Waals surface area contributed by atoms with Crippen LogP contribution >= 0.6 is 0 Å². The molecule has 4 nitrogen and oxygen atoms in total. The minimum Gasteiger partial charge on any atom is -0.369 e. The third kappa shape index (κ3) is 2.75. The highest BCUT2D eigenvalue weighted by molar-refractivity contribution is 5.93. The molecular weight excluding hydrogens is 262 g/mol. The van der Waals surface area contributed by atoms with Gasteiger partial charge in [0.1, 0.15) is 5.82 Å². The third-order valence-corrected chi connectivity index (χ3v) is 3.91. The van der Waals surface area contributed by atoms with Crippen molar-refractivity contribution in [1.29, 1.82) is 0 Å². The lowest BCUT2D eigenvalue weighted by atomic mass is 9.77. The van der Waals surface area contributed by atoms with Crippen LogP contribution in [0.4, 0.5) is 5.82 Å². The maximum Gasteiger partial charge on any atom is 0.254 e. The molecule has 1 aliphatic rings. The number of rotatable bonds is 4. The van der Waals surface area contributed by atoms with Crippen LogP contribution < -0.4 is 5.32 Å². The van der Waals surface area contributed by atoms with Crippen LogP contribution in [0.2, 0.25) is 0 Å². The molecule has 0 bridgehead atoms. The highest BCUT2D eigenvalue weighted by Gasteiger charge is 2.24. The van der Waals surface area contributed by atoms with Crippen molar-refractivity contribution < 1.29 is 4.79 Å². The normalized spacial score (nSPS) is 15.8. The Morgan fingerprint density at radius 2 is 2.10 bits per heavy atom. The quantitative estimate of drug-likeness (QED) is 0.936. The van der Waals surface area contributed by atoms with Gasteiger partial charge in [-0.15, -0.1) is 0 Å². The van der Waals surface area contributed by atoms with Gasteiger partial charge >= 0.3 is 0 Å². The molecule has 1 amide bonds. The number of aromatic nitrogens is 1. The lowest BCUT2D eigenvalue weighted by Crippen LogP contribution is -2.24. The zero-order chi connectivity index (χ0) is 14.8. The van der Waals surface area contributed by atoms with Crippen LogP contribution in [-0.4, -0.2) is 36.4 Å². The molecule has 3 rings (SSSR count). The molecule has 0 spiro atoms. The number of nitrogens with zero attached hydrogens (tertiary/aromatic N) is 2. The van der Waals surface area contributed by atoms with Crippen LogP contribution in [0.25, 0.3) is 0 Å². The topological polar surface area (TPSA) is 45.2 Å². The van der Waals surface area contributed by atoms with E-state index in [1.807, 2.05) is 12.1 Å². The van der Waals surface area contributed by atoms with Crippen molar-refractivity contribution in [1.82, 2.24) is 9.88 Å². The predicted octanol–water partition coefficient (Wildman–Crippen LogP) is 2.54. The number of pyridine rings is 1. The smallest absolute Gasteiger partial charge is 0.254 e. The molecule has 0 saturated heterocycles. The Bertz CT molecular complexity index is 649. The van der Waals surface area contributed by atoms with Crippen LogP contribution in [-0.2, 0) is 6.42 Å². The fourth-order valence-electron chi connectivity index (χ4n) is 2.66. The Hall–Kier alpha value is -2.36. The van der Waals surface area contributed by atoms with Gasteiger partial charge in [-0.05, 0) is 29.7 Å². The summed E-state index contributed by atoms with van der Waals surface area (Å²) in [6, 6.07) is 12.2. The molecule has 21 heavy (non-hydrogen) atoms. The average Bonchev–Trinajstić information content (AvgIpc) is 2.48. The largest absolute Gasteiger partial charge is 0.369 e. The highest BCUT2D eigenvalue weighted by Crippen LogP contribution is 2.34. The van der Waals surface area contributed by atoms with Crippen molar-refractivity contribution in [3.63, 3.8) is 0 Å². The van der Waals surface area contributed by atoms with Gasteiger partial charge in [-0.3, -0.25) is 4.79 Å². The summed E-state index contributed by atoms with van der Waals surface area (Å²) >= 11 is 0. The van der Waals surface area contributed by atoms with E-state index in [9.17, 15) is 4.79 Å². The number of anilines is 1. The first-order valence-corrected chi connectivity index (χ1v) is 7.14. The molecule has 1 N–H and O–H groups in total. The zero-order valence-electron chi connectivity index (χ0n) is 12.3. The highest BCUT2D eigenvalue weighted by atomic mass is 16.2. The van der Waals surface area contributed by atoms with E-state index in [1.165, 1.54) is 11.1 Å². The van der Waals surface area contributed by atoms with Crippen molar-refractivity contribution in [2.24, 2.45) is 0 Å². The summed E-state index contributed by atoms with van der Waals surface area (Å²) in [5.74, 6) is 1.35. The van der Waals surface area contributed by atoms with E-state index in [0.29, 0.717) is 11.5 Å². The Kier molecular flexibility index (Phi) is 3.60. The van der Waals surface area contributed by atoms with E-state index in [1.54, 1.807) is 25.2 Å². The van der Waals surface area contributed by atoms with Gasteiger partial charge in [0, 0.05) is 32.8 Å². The molecule has 108 valence electrons. The zero-order valence-corrected chi connectivity index (χ0v) is 12.3. The van der Waals surface area contributed by atoms with Gasteiger partial charge in [0.2, 0.25) is 0 Å². The first-order chi connectivity index (χ1) is 10.1. The van der Waals surface area contributed by atoms with Crippen molar-refractivity contribution in [2.45, 2.75) is 12.3 Å². The van der Waals surface area contributed by atoms with Gasteiger partial charge < -0.3 is 10.2 Å². The standard InChI is InChI=1S/C17H19N3O/c1-20(2)17(21)13-7-8-16(18-10-13)19-11-14-9-12-5-3-4-6-15(12)14/h3-8,10,14H,9,11H2,1-2H3,(H,18,19). The molecule has 1 unspecified atom stereocenters. The summed E-state index contributed by atoms with van der Waals surface area (Å²) in [5.41, 5.74) is 3.49. The minimum atomic E-state index is -0.0260. The summed E-state index contributed by atoms with van der Waals surface area (Å²) in [6.07, 6.45) is 2.75. The van der Waals surface area contributed by atoms with E-state index in [-0.39, 0.29) is 5.91 Å². The minimum absolute atomic E-state index is 0.0260. The van der Waals surface area contributed by atoms with Crippen molar-refractivity contribution >= 4 is 11.7 Å². The number of benzene rings is 1. The number of fused-ring (bicyclic) bond motifs is 1. The molecule has 0 aliphatic heterocycles. The third-order valence-electron chi connectivity index (χ3n) is 3.91. The molecule has 1 heterocycles. The summed E-state index contributed by atoms with van der Waals surface area (Å²) in [7, 11) is 3.48. The molecule has 0 fully saturated rings. The predicted molar refractivity (Wildman–Crippen MR) is 83.6 cm³/mol. The average molecular weight is 281 g/mol. The van der Waals surface area contributed by atoms with E-state index < -0.39 is 0 Å². The lowest BCUT2D eigenvalue weighted by Gasteiger charge is -2.30. The van der Waals surface area contributed by atoms with E-state index in [4.69, 9.17) is 0 Å². The molecule has 4 heteroatoms. The number of hydrogen-bond donors (Lipinski definition) is 1. The van der Waals surface area contributed by atoms with Crippen LogP contribution in [0.1, 0.15) is 27.4 Å². The number of carbonyl (C=O) groups excluding carboxylic acids is 1. The Morgan fingerprint density at radius 3 is 2.76 bits per heavy atom. The molecule has 1 aromatic heterocycles.